The fourth-order valence-corrected chi connectivity index (χ4v) is 3.37. The molecule has 2 rings (SSSR count). The van der Waals surface area contributed by atoms with Crippen molar-refractivity contribution in [2.45, 2.75) is 32.0 Å². The maximum Gasteiger partial charge on any atom is 0.234 e. The van der Waals surface area contributed by atoms with Crippen LogP contribution in [0.2, 0.25) is 0 Å². The predicted octanol–water partition coefficient (Wildman–Crippen LogP) is 3.95. The maximum absolute atomic E-state index is 12.1. The molecule has 0 saturated heterocycles. The van der Waals surface area contributed by atoms with E-state index in [1.54, 1.807) is 0 Å². The third-order valence-electron chi connectivity index (χ3n) is 3.06. The van der Waals surface area contributed by atoms with E-state index < -0.39 is 0 Å². The van der Waals surface area contributed by atoms with E-state index in [2.05, 4.69) is 34.7 Å². The van der Waals surface area contributed by atoms with Crippen LogP contribution < -0.4 is 10.6 Å². The minimum Gasteiger partial charge on any atom is -0.360 e. The van der Waals surface area contributed by atoms with Gasteiger partial charge in [0.25, 0.3) is 0 Å². The summed E-state index contributed by atoms with van der Waals surface area (Å²) in [4.78, 5) is 12.1. The van der Waals surface area contributed by atoms with Gasteiger partial charge in [-0.3, -0.25) is 4.79 Å². The molecule has 1 aromatic carbocycles. The number of aromatic nitrogens is 2. The Balaban J connectivity index is 1.83. The molecule has 5 nitrogen and oxygen atoms in total. The number of nitrogens with zero attached hydrogens (tertiary/aromatic N) is 2. The molecule has 0 saturated carbocycles. The van der Waals surface area contributed by atoms with E-state index in [0.717, 1.165) is 32.8 Å². The minimum absolute atomic E-state index is 0.0319. The largest absolute Gasteiger partial charge is 0.360 e. The van der Waals surface area contributed by atoms with Gasteiger partial charge in [0.2, 0.25) is 11.0 Å². The Morgan fingerprint density at radius 1 is 1.30 bits per heavy atom. The second-order valence-electron chi connectivity index (χ2n) is 5.80. The lowest BCUT2D eigenvalue weighted by Crippen LogP contribution is -2.14. The minimum atomic E-state index is -0.0319. The van der Waals surface area contributed by atoms with Crippen LogP contribution in [0.15, 0.2) is 22.5 Å². The zero-order valence-corrected chi connectivity index (χ0v) is 15.5. The Kier molecular flexibility index (Phi) is 6.41. The van der Waals surface area contributed by atoms with Crippen LogP contribution in [0.3, 0.4) is 0 Å². The highest BCUT2D eigenvalue weighted by atomic mass is 32.2. The molecule has 2 aromatic rings. The Hall–Kier alpha value is -1.60. The van der Waals surface area contributed by atoms with Gasteiger partial charge in [0.15, 0.2) is 4.34 Å². The second-order valence-corrected chi connectivity index (χ2v) is 8.00. The SMILES string of the molecule is Cc1ccc(C)c(NC(=O)CSc2nnc(NCC(C)C)s2)c1. The molecular weight excluding hydrogens is 328 g/mol. The summed E-state index contributed by atoms with van der Waals surface area (Å²) in [6, 6.07) is 6.03. The van der Waals surface area contributed by atoms with Gasteiger partial charge in [0.05, 0.1) is 5.75 Å². The summed E-state index contributed by atoms with van der Waals surface area (Å²) in [7, 11) is 0. The molecule has 0 atom stereocenters. The Bertz CT molecular complexity index is 670. The molecule has 0 radical (unpaired) electrons. The van der Waals surface area contributed by atoms with E-state index in [-0.39, 0.29) is 5.91 Å². The Morgan fingerprint density at radius 2 is 2.09 bits per heavy atom. The van der Waals surface area contributed by atoms with E-state index in [1.165, 1.54) is 23.1 Å². The van der Waals surface area contributed by atoms with Crippen LogP contribution >= 0.6 is 23.1 Å². The number of amides is 1. The third kappa shape index (κ3) is 5.84. The summed E-state index contributed by atoms with van der Waals surface area (Å²) in [5.41, 5.74) is 3.06. The lowest BCUT2D eigenvalue weighted by atomic mass is 10.1. The topological polar surface area (TPSA) is 66.9 Å². The fraction of sp³-hybridized carbons (Fsp3) is 0.438. The molecule has 0 aliphatic heterocycles. The van der Waals surface area contributed by atoms with Crippen molar-refractivity contribution >= 4 is 39.8 Å². The smallest absolute Gasteiger partial charge is 0.234 e. The average Bonchev–Trinajstić information content (AvgIpc) is 2.95. The summed E-state index contributed by atoms with van der Waals surface area (Å²) in [6.07, 6.45) is 0. The van der Waals surface area contributed by atoms with Crippen molar-refractivity contribution in [2.24, 2.45) is 5.92 Å². The number of rotatable bonds is 7. The van der Waals surface area contributed by atoms with E-state index in [4.69, 9.17) is 0 Å². The Morgan fingerprint density at radius 3 is 2.83 bits per heavy atom. The first-order valence-corrected chi connectivity index (χ1v) is 9.31. The molecule has 0 aliphatic rings. The Labute approximate surface area is 145 Å². The quantitative estimate of drug-likeness (QED) is 0.740. The monoisotopic (exact) mass is 350 g/mol. The molecule has 124 valence electrons. The number of nitrogens with one attached hydrogen (secondary N) is 2. The van der Waals surface area contributed by atoms with Crippen molar-refractivity contribution in [3.05, 3.63) is 29.3 Å². The number of thioether (sulfide) groups is 1. The third-order valence-corrected chi connectivity index (χ3v) is 5.08. The first-order chi connectivity index (χ1) is 10.9. The van der Waals surface area contributed by atoms with Crippen molar-refractivity contribution in [2.75, 3.05) is 22.9 Å². The van der Waals surface area contributed by atoms with E-state index in [1.807, 2.05) is 32.0 Å². The lowest BCUT2D eigenvalue weighted by Gasteiger charge is -2.08. The standard InChI is InChI=1S/C16H22N4OS2/c1-10(2)8-17-15-19-20-16(23-15)22-9-14(21)18-13-7-11(3)5-6-12(13)4/h5-7,10H,8-9H2,1-4H3,(H,17,19)(H,18,21). The number of anilines is 2. The van der Waals surface area contributed by atoms with E-state index in [0.29, 0.717) is 11.7 Å². The highest BCUT2D eigenvalue weighted by Crippen LogP contribution is 2.26. The van der Waals surface area contributed by atoms with Crippen molar-refractivity contribution in [3.63, 3.8) is 0 Å². The van der Waals surface area contributed by atoms with Crippen molar-refractivity contribution in [3.8, 4) is 0 Å². The number of hydrogen-bond donors (Lipinski definition) is 2. The summed E-state index contributed by atoms with van der Waals surface area (Å²) < 4.78 is 0.798. The number of benzene rings is 1. The number of hydrogen-bond acceptors (Lipinski definition) is 6. The van der Waals surface area contributed by atoms with Crippen LogP contribution in [0.4, 0.5) is 10.8 Å². The highest BCUT2D eigenvalue weighted by Gasteiger charge is 2.09. The summed E-state index contributed by atoms with van der Waals surface area (Å²) in [6.45, 7) is 9.14. The van der Waals surface area contributed by atoms with Crippen molar-refractivity contribution in [1.82, 2.24) is 10.2 Å². The van der Waals surface area contributed by atoms with Gasteiger partial charge in [-0.2, -0.15) is 0 Å². The first kappa shape index (κ1) is 17.7. The van der Waals surface area contributed by atoms with Crippen molar-refractivity contribution in [1.29, 1.82) is 0 Å². The lowest BCUT2D eigenvalue weighted by molar-refractivity contribution is -0.113. The molecular formula is C16H22N4OS2. The van der Waals surface area contributed by atoms with Crippen LogP contribution in [0, 0.1) is 19.8 Å². The van der Waals surface area contributed by atoms with Gasteiger partial charge in [-0.15, -0.1) is 10.2 Å². The van der Waals surface area contributed by atoms with Gasteiger partial charge in [-0.05, 0) is 37.0 Å². The average molecular weight is 351 g/mol. The molecule has 0 fully saturated rings. The van der Waals surface area contributed by atoms with Crippen molar-refractivity contribution < 1.29 is 4.79 Å². The van der Waals surface area contributed by atoms with E-state index in [9.17, 15) is 4.79 Å². The number of carbonyl (C=O) groups is 1. The molecule has 0 aliphatic carbocycles. The molecule has 1 aromatic heterocycles. The van der Waals surface area contributed by atoms with Gasteiger partial charge in [-0.25, -0.2) is 0 Å². The molecule has 7 heteroatoms. The van der Waals surface area contributed by atoms with Crippen LogP contribution in [-0.2, 0) is 4.79 Å². The molecule has 1 heterocycles. The molecule has 1 amide bonds. The predicted molar refractivity (Wildman–Crippen MR) is 98.5 cm³/mol. The maximum atomic E-state index is 12.1. The van der Waals surface area contributed by atoms with Crippen LogP contribution in [0.1, 0.15) is 25.0 Å². The molecule has 23 heavy (non-hydrogen) atoms. The van der Waals surface area contributed by atoms with Gasteiger partial charge >= 0.3 is 0 Å². The van der Waals surface area contributed by atoms with E-state index >= 15 is 0 Å². The van der Waals surface area contributed by atoms with Gasteiger partial charge in [0.1, 0.15) is 0 Å². The summed E-state index contributed by atoms with van der Waals surface area (Å²) in [5.74, 6) is 0.848. The molecule has 0 unspecified atom stereocenters. The molecule has 2 N–H and O–H groups in total. The number of carbonyl (C=O) groups excluding carboxylic acids is 1. The number of aryl methyl sites for hydroxylation is 2. The van der Waals surface area contributed by atoms with Gasteiger partial charge in [-0.1, -0.05) is 49.1 Å². The van der Waals surface area contributed by atoms with Crippen LogP contribution in [0.5, 0.6) is 0 Å². The van der Waals surface area contributed by atoms with Crippen LogP contribution in [-0.4, -0.2) is 28.4 Å². The normalized spacial score (nSPS) is 10.8. The zero-order chi connectivity index (χ0) is 16.8. The molecule has 0 spiro atoms. The van der Waals surface area contributed by atoms with Gasteiger partial charge in [0, 0.05) is 12.2 Å². The zero-order valence-electron chi connectivity index (χ0n) is 13.8. The molecule has 0 bridgehead atoms. The van der Waals surface area contributed by atoms with Crippen LogP contribution in [0.25, 0.3) is 0 Å². The summed E-state index contributed by atoms with van der Waals surface area (Å²) >= 11 is 2.88. The summed E-state index contributed by atoms with van der Waals surface area (Å²) in [5, 5.41) is 15.2. The fourth-order valence-electron chi connectivity index (χ4n) is 1.82. The van der Waals surface area contributed by atoms with Gasteiger partial charge < -0.3 is 10.6 Å². The highest BCUT2D eigenvalue weighted by molar-refractivity contribution is 8.01. The first-order valence-electron chi connectivity index (χ1n) is 7.51. The second kappa shape index (κ2) is 8.31.